The van der Waals surface area contributed by atoms with Gasteiger partial charge in [0.05, 0.1) is 22.0 Å². The van der Waals surface area contributed by atoms with Gasteiger partial charge in [-0.2, -0.15) is 0 Å². The second-order valence-corrected chi connectivity index (χ2v) is 6.57. The maximum absolute atomic E-state index is 11.9. The molecule has 0 aliphatic carbocycles. The predicted molar refractivity (Wildman–Crippen MR) is 89.5 cm³/mol. The van der Waals surface area contributed by atoms with E-state index in [1.54, 1.807) is 30.3 Å². The summed E-state index contributed by atoms with van der Waals surface area (Å²) in [4.78, 5) is 24.4. The molecular formula is C15H13Cl2NO3S. The highest BCUT2D eigenvalue weighted by Crippen LogP contribution is 2.28. The van der Waals surface area contributed by atoms with Crippen molar-refractivity contribution < 1.29 is 14.3 Å². The Hall–Kier alpha value is -1.56. The van der Waals surface area contributed by atoms with Crippen LogP contribution in [0.15, 0.2) is 30.3 Å². The fraction of sp³-hybridized carbons (Fsp3) is 0.200. The highest BCUT2D eigenvalue weighted by atomic mass is 35.5. The lowest BCUT2D eigenvalue weighted by atomic mass is 10.2. The Morgan fingerprint density at radius 3 is 2.59 bits per heavy atom. The number of thiophene rings is 1. The molecular weight excluding hydrogens is 345 g/mol. The van der Waals surface area contributed by atoms with E-state index in [4.69, 9.17) is 27.9 Å². The van der Waals surface area contributed by atoms with E-state index in [0.717, 1.165) is 0 Å². The zero-order chi connectivity index (χ0) is 16.1. The number of methoxy groups -OCH3 is 1. The summed E-state index contributed by atoms with van der Waals surface area (Å²) < 4.78 is 5.70. The number of nitrogens with one attached hydrogen (secondary N) is 1. The van der Waals surface area contributed by atoms with E-state index in [2.05, 4.69) is 5.32 Å². The summed E-state index contributed by atoms with van der Waals surface area (Å²) in [7, 11) is 1.50. The maximum Gasteiger partial charge on any atom is 0.224 e. The third-order valence-corrected chi connectivity index (χ3v) is 4.37. The van der Waals surface area contributed by atoms with Gasteiger partial charge in [0.1, 0.15) is 5.75 Å². The van der Waals surface area contributed by atoms with Gasteiger partial charge in [0, 0.05) is 17.9 Å². The van der Waals surface area contributed by atoms with Crippen LogP contribution >= 0.6 is 34.5 Å². The number of carbonyl (C=O) groups is 2. The smallest absolute Gasteiger partial charge is 0.224 e. The molecule has 0 unspecified atom stereocenters. The predicted octanol–water partition coefficient (Wildman–Crippen LogP) is 4.67. The van der Waals surface area contributed by atoms with Gasteiger partial charge in [-0.3, -0.25) is 9.59 Å². The van der Waals surface area contributed by atoms with E-state index < -0.39 is 0 Å². The fourth-order valence-electron chi connectivity index (χ4n) is 1.81. The first kappa shape index (κ1) is 16.8. The normalized spacial score (nSPS) is 10.3. The molecule has 7 heteroatoms. The van der Waals surface area contributed by atoms with E-state index in [1.807, 2.05) is 0 Å². The van der Waals surface area contributed by atoms with Crippen molar-refractivity contribution >= 4 is 51.9 Å². The van der Waals surface area contributed by atoms with Gasteiger partial charge in [0.15, 0.2) is 5.78 Å². The number of hydrogen-bond donors (Lipinski definition) is 1. The third-order valence-electron chi connectivity index (χ3n) is 2.86. The van der Waals surface area contributed by atoms with Crippen LogP contribution in [-0.2, 0) is 4.79 Å². The first-order chi connectivity index (χ1) is 10.5. The Morgan fingerprint density at radius 1 is 1.18 bits per heavy atom. The van der Waals surface area contributed by atoms with Gasteiger partial charge in [0.2, 0.25) is 5.91 Å². The molecule has 0 fully saturated rings. The number of Topliss-reactive ketones (excluding diaryl/α,β-unsaturated/α-hetero) is 1. The van der Waals surface area contributed by atoms with Crippen molar-refractivity contribution in [3.8, 4) is 5.75 Å². The lowest BCUT2D eigenvalue weighted by molar-refractivity contribution is -0.116. The SMILES string of the molecule is COc1ccc(Cl)cc1NC(=O)CCC(=O)c1ccc(Cl)s1. The minimum absolute atomic E-state index is 0.0734. The number of halogens is 2. The summed E-state index contributed by atoms with van der Waals surface area (Å²) in [6.45, 7) is 0. The number of ether oxygens (including phenoxy) is 1. The van der Waals surface area contributed by atoms with E-state index >= 15 is 0 Å². The van der Waals surface area contributed by atoms with Crippen LogP contribution in [0.2, 0.25) is 9.36 Å². The zero-order valence-electron chi connectivity index (χ0n) is 11.7. The number of ketones is 1. The van der Waals surface area contributed by atoms with Gasteiger partial charge in [0.25, 0.3) is 0 Å². The quantitative estimate of drug-likeness (QED) is 0.764. The summed E-state index contributed by atoms with van der Waals surface area (Å²) in [5, 5.41) is 3.18. The molecule has 4 nitrogen and oxygen atoms in total. The largest absolute Gasteiger partial charge is 0.495 e. The zero-order valence-corrected chi connectivity index (χ0v) is 14.0. The molecule has 22 heavy (non-hydrogen) atoms. The molecule has 0 spiro atoms. The van der Waals surface area contributed by atoms with E-state index in [-0.39, 0.29) is 24.5 Å². The lowest BCUT2D eigenvalue weighted by Gasteiger charge is -2.10. The van der Waals surface area contributed by atoms with Crippen molar-refractivity contribution in [3.63, 3.8) is 0 Å². The Bertz CT molecular complexity index is 700. The van der Waals surface area contributed by atoms with Crippen LogP contribution in [0.5, 0.6) is 5.75 Å². The Balaban J connectivity index is 1.93. The van der Waals surface area contributed by atoms with E-state index in [0.29, 0.717) is 25.7 Å². The highest BCUT2D eigenvalue weighted by molar-refractivity contribution is 7.18. The molecule has 0 bridgehead atoms. The van der Waals surface area contributed by atoms with Gasteiger partial charge in [-0.1, -0.05) is 23.2 Å². The minimum Gasteiger partial charge on any atom is -0.495 e. The molecule has 0 saturated carbocycles. The van der Waals surface area contributed by atoms with Crippen LogP contribution in [0.1, 0.15) is 22.5 Å². The van der Waals surface area contributed by atoms with Crippen LogP contribution in [0.25, 0.3) is 0 Å². The van der Waals surface area contributed by atoms with Crippen molar-refractivity contribution in [2.24, 2.45) is 0 Å². The summed E-state index contributed by atoms with van der Waals surface area (Å²) >= 11 is 12.9. The number of amides is 1. The monoisotopic (exact) mass is 357 g/mol. The molecule has 1 aromatic carbocycles. The molecule has 1 aromatic heterocycles. The molecule has 0 aliphatic rings. The first-order valence-electron chi connectivity index (χ1n) is 6.41. The van der Waals surface area contributed by atoms with Crippen LogP contribution in [0, 0.1) is 0 Å². The molecule has 1 amide bonds. The Kier molecular flexibility index (Phi) is 5.83. The van der Waals surface area contributed by atoms with Crippen molar-refractivity contribution in [3.05, 3.63) is 44.6 Å². The second-order valence-electron chi connectivity index (χ2n) is 4.42. The standard InChI is InChI=1S/C15H13Cl2NO3S/c1-21-12-4-2-9(16)8-10(12)18-15(20)7-3-11(19)13-5-6-14(17)22-13/h2,4-6,8H,3,7H2,1H3,(H,18,20). The van der Waals surface area contributed by atoms with Crippen molar-refractivity contribution in [2.45, 2.75) is 12.8 Å². The molecule has 1 N–H and O–H groups in total. The summed E-state index contributed by atoms with van der Waals surface area (Å²) in [6, 6.07) is 8.25. The molecule has 0 atom stereocenters. The molecule has 2 aromatic rings. The molecule has 116 valence electrons. The van der Waals surface area contributed by atoms with Crippen LogP contribution in [0.3, 0.4) is 0 Å². The Labute approximate surface area is 142 Å². The van der Waals surface area contributed by atoms with Crippen LogP contribution < -0.4 is 10.1 Å². The molecule has 1 heterocycles. The Morgan fingerprint density at radius 2 is 1.95 bits per heavy atom. The van der Waals surface area contributed by atoms with Gasteiger partial charge in [-0.15, -0.1) is 11.3 Å². The average molecular weight is 358 g/mol. The molecule has 0 saturated heterocycles. The second kappa shape index (κ2) is 7.63. The first-order valence-corrected chi connectivity index (χ1v) is 7.99. The highest BCUT2D eigenvalue weighted by Gasteiger charge is 2.13. The van der Waals surface area contributed by atoms with Crippen molar-refractivity contribution in [1.29, 1.82) is 0 Å². The van der Waals surface area contributed by atoms with Gasteiger partial charge >= 0.3 is 0 Å². The molecule has 0 aliphatic heterocycles. The number of anilines is 1. The van der Waals surface area contributed by atoms with Gasteiger partial charge in [-0.05, 0) is 30.3 Å². The molecule has 0 radical (unpaired) electrons. The summed E-state index contributed by atoms with van der Waals surface area (Å²) in [5.41, 5.74) is 0.478. The number of hydrogen-bond acceptors (Lipinski definition) is 4. The van der Waals surface area contributed by atoms with Crippen LogP contribution in [-0.4, -0.2) is 18.8 Å². The van der Waals surface area contributed by atoms with Crippen molar-refractivity contribution in [1.82, 2.24) is 0 Å². The topological polar surface area (TPSA) is 55.4 Å². The third kappa shape index (κ3) is 4.47. The number of carbonyl (C=O) groups excluding carboxylic acids is 2. The van der Waals surface area contributed by atoms with E-state index in [9.17, 15) is 9.59 Å². The van der Waals surface area contributed by atoms with Crippen molar-refractivity contribution in [2.75, 3.05) is 12.4 Å². The number of benzene rings is 1. The average Bonchev–Trinajstić information content (AvgIpc) is 2.92. The van der Waals surface area contributed by atoms with Gasteiger partial charge in [-0.25, -0.2) is 0 Å². The van der Waals surface area contributed by atoms with Crippen LogP contribution in [0.4, 0.5) is 5.69 Å². The fourth-order valence-corrected chi connectivity index (χ4v) is 2.99. The lowest BCUT2D eigenvalue weighted by Crippen LogP contribution is -2.13. The van der Waals surface area contributed by atoms with E-state index in [1.165, 1.54) is 18.4 Å². The van der Waals surface area contributed by atoms with Gasteiger partial charge < -0.3 is 10.1 Å². The maximum atomic E-state index is 11.9. The minimum atomic E-state index is -0.281. The number of rotatable bonds is 6. The summed E-state index contributed by atoms with van der Waals surface area (Å²) in [6.07, 6.45) is 0.190. The summed E-state index contributed by atoms with van der Waals surface area (Å²) in [5.74, 6) is 0.121. The molecule has 2 rings (SSSR count).